The van der Waals surface area contributed by atoms with E-state index in [2.05, 4.69) is 0 Å². The van der Waals surface area contributed by atoms with E-state index in [1.54, 1.807) is 4.31 Å². The van der Waals surface area contributed by atoms with Crippen LogP contribution in [0, 0.1) is 5.92 Å². The molecule has 2 bridgehead atoms. The molecule has 2 atom stereocenters. The minimum Gasteiger partial charge on any atom is -0.337 e. The van der Waals surface area contributed by atoms with Gasteiger partial charge in [-0.2, -0.15) is 4.31 Å². The zero-order chi connectivity index (χ0) is 15.0. The van der Waals surface area contributed by atoms with Gasteiger partial charge in [0.05, 0.1) is 6.26 Å². The van der Waals surface area contributed by atoms with Gasteiger partial charge in [0, 0.05) is 31.2 Å². The lowest BCUT2D eigenvalue weighted by molar-refractivity contribution is 0.0746. The number of nitrogens with zero attached hydrogens (tertiary/aromatic N) is 2. The molecule has 1 aromatic carbocycles. The fraction of sp³-hybridized carbons (Fsp3) is 0.533. The average Bonchev–Trinajstić information content (AvgIpc) is 2.78. The quantitative estimate of drug-likeness (QED) is 0.824. The van der Waals surface area contributed by atoms with Crippen LogP contribution in [0.2, 0.25) is 0 Å². The van der Waals surface area contributed by atoms with Gasteiger partial charge in [-0.25, -0.2) is 8.42 Å². The maximum atomic E-state index is 12.6. The van der Waals surface area contributed by atoms with Crippen LogP contribution in [0.15, 0.2) is 30.3 Å². The fourth-order valence-electron chi connectivity index (χ4n) is 3.37. The molecule has 5 nitrogen and oxygen atoms in total. The number of fused-ring (bicyclic) bond motifs is 4. The first-order chi connectivity index (χ1) is 9.95. The van der Waals surface area contributed by atoms with Crippen molar-refractivity contribution < 1.29 is 13.2 Å². The van der Waals surface area contributed by atoms with Gasteiger partial charge >= 0.3 is 0 Å². The Hall–Kier alpha value is -1.40. The van der Waals surface area contributed by atoms with Crippen LogP contribution < -0.4 is 0 Å². The van der Waals surface area contributed by atoms with Gasteiger partial charge in [0.25, 0.3) is 5.91 Å². The van der Waals surface area contributed by atoms with E-state index in [1.807, 2.05) is 35.2 Å². The number of amides is 1. The van der Waals surface area contributed by atoms with Crippen LogP contribution >= 0.6 is 0 Å². The monoisotopic (exact) mass is 308 g/mol. The van der Waals surface area contributed by atoms with Crippen LogP contribution in [0.25, 0.3) is 0 Å². The van der Waals surface area contributed by atoms with Gasteiger partial charge in [-0.15, -0.1) is 0 Å². The molecule has 114 valence electrons. The minimum atomic E-state index is -3.20. The van der Waals surface area contributed by atoms with Crippen molar-refractivity contribution in [3.8, 4) is 0 Å². The molecule has 0 radical (unpaired) electrons. The molecule has 1 aromatic rings. The molecule has 3 aliphatic rings. The Balaban J connectivity index is 1.83. The average molecular weight is 308 g/mol. The summed E-state index contributed by atoms with van der Waals surface area (Å²) < 4.78 is 25.4. The summed E-state index contributed by atoms with van der Waals surface area (Å²) in [5, 5.41) is 0. The highest BCUT2D eigenvalue weighted by Crippen LogP contribution is 2.30. The predicted octanol–water partition coefficient (Wildman–Crippen LogP) is 1.18. The number of rotatable bonds is 2. The van der Waals surface area contributed by atoms with Gasteiger partial charge in [0.2, 0.25) is 10.0 Å². The second-order valence-corrected chi connectivity index (χ2v) is 7.94. The van der Waals surface area contributed by atoms with Crippen LogP contribution in [-0.2, 0) is 10.0 Å². The summed E-state index contributed by atoms with van der Waals surface area (Å²) >= 11 is 0. The van der Waals surface area contributed by atoms with Gasteiger partial charge in [-0.1, -0.05) is 18.2 Å². The zero-order valence-electron chi connectivity index (χ0n) is 12.1. The fourth-order valence-corrected chi connectivity index (χ4v) is 4.57. The molecule has 21 heavy (non-hydrogen) atoms. The number of hydrogen-bond donors (Lipinski definition) is 0. The Morgan fingerprint density at radius 1 is 1.10 bits per heavy atom. The summed E-state index contributed by atoms with van der Waals surface area (Å²) in [7, 11) is -3.20. The van der Waals surface area contributed by atoms with E-state index in [4.69, 9.17) is 0 Å². The molecule has 0 saturated carbocycles. The summed E-state index contributed by atoms with van der Waals surface area (Å²) in [6.07, 6.45) is 3.10. The Morgan fingerprint density at radius 2 is 1.81 bits per heavy atom. The molecule has 2 unspecified atom stereocenters. The number of piperidine rings is 1. The van der Waals surface area contributed by atoms with Crippen molar-refractivity contribution in [1.29, 1.82) is 0 Å². The first-order valence-electron chi connectivity index (χ1n) is 7.26. The van der Waals surface area contributed by atoms with Gasteiger partial charge in [-0.3, -0.25) is 4.79 Å². The number of benzene rings is 1. The van der Waals surface area contributed by atoms with Crippen LogP contribution in [0.4, 0.5) is 0 Å². The maximum Gasteiger partial charge on any atom is 0.253 e. The Morgan fingerprint density at radius 3 is 2.48 bits per heavy atom. The number of carbonyl (C=O) groups excluding carboxylic acids is 1. The van der Waals surface area contributed by atoms with Crippen molar-refractivity contribution in [1.82, 2.24) is 9.21 Å². The lowest BCUT2D eigenvalue weighted by Gasteiger charge is -2.33. The highest BCUT2D eigenvalue weighted by atomic mass is 32.2. The van der Waals surface area contributed by atoms with E-state index in [9.17, 15) is 13.2 Å². The molecular formula is C15H20N2O3S. The van der Waals surface area contributed by atoms with Crippen molar-refractivity contribution in [2.75, 3.05) is 25.9 Å². The number of hydrogen-bond acceptors (Lipinski definition) is 3. The van der Waals surface area contributed by atoms with Gasteiger partial charge < -0.3 is 4.90 Å². The van der Waals surface area contributed by atoms with E-state index in [0.717, 1.165) is 12.8 Å². The summed E-state index contributed by atoms with van der Waals surface area (Å²) in [6, 6.07) is 9.12. The van der Waals surface area contributed by atoms with E-state index in [0.29, 0.717) is 25.2 Å². The van der Waals surface area contributed by atoms with E-state index in [1.165, 1.54) is 6.26 Å². The first kappa shape index (κ1) is 14.5. The van der Waals surface area contributed by atoms with Gasteiger partial charge in [0.15, 0.2) is 0 Å². The highest BCUT2D eigenvalue weighted by Gasteiger charge is 2.40. The van der Waals surface area contributed by atoms with E-state index in [-0.39, 0.29) is 17.9 Å². The molecule has 0 spiro atoms. The highest BCUT2D eigenvalue weighted by molar-refractivity contribution is 7.88. The third kappa shape index (κ3) is 2.96. The maximum absolute atomic E-state index is 12.6. The molecular weight excluding hydrogens is 288 g/mol. The lowest BCUT2D eigenvalue weighted by Crippen LogP contribution is -2.47. The summed E-state index contributed by atoms with van der Waals surface area (Å²) in [4.78, 5) is 14.4. The third-order valence-electron chi connectivity index (χ3n) is 4.40. The van der Waals surface area contributed by atoms with Crippen LogP contribution in [-0.4, -0.2) is 55.5 Å². The normalized spacial score (nSPS) is 26.6. The molecule has 0 aromatic heterocycles. The smallest absolute Gasteiger partial charge is 0.253 e. The molecule has 0 aliphatic carbocycles. The summed E-state index contributed by atoms with van der Waals surface area (Å²) in [6.45, 7) is 1.69. The molecule has 3 aliphatic heterocycles. The Labute approximate surface area is 125 Å². The van der Waals surface area contributed by atoms with Gasteiger partial charge in [0.1, 0.15) is 0 Å². The van der Waals surface area contributed by atoms with Crippen molar-refractivity contribution in [3.05, 3.63) is 35.9 Å². The first-order valence-corrected chi connectivity index (χ1v) is 9.11. The lowest BCUT2D eigenvalue weighted by atomic mass is 9.97. The summed E-state index contributed by atoms with van der Waals surface area (Å²) in [5.74, 6) is 0.244. The van der Waals surface area contributed by atoms with Crippen LogP contribution in [0.1, 0.15) is 23.2 Å². The van der Waals surface area contributed by atoms with E-state index >= 15 is 0 Å². The Kier molecular flexibility index (Phi) is 3.75. The molecule has 0 N–H and O–H groups in total. The van der Waals surface area contributed by atoms with E-state index < -0.39 is 10.0 Å². The minimum absolute atomic E-state index is 0.00264. The Bertz CT molecular complexity index is 630. The SMILES string of the molecule is CS(=O)(=O)N1CC2CCC1CN(C(=O)c1ccccc1)C2. The topological polar surface area (TPSA) is 57.7 Å². The van der Waals surface area contributed by atoms with Gasteiger partial charge in [-0.05, 0) is 30.9 Å². The third-order valence-corrected chi connectivity index (χ3v) is 5.70. The predicted molar refractivity (Wildman–Crippen MR) is 80.4 cm³/mol. The molecule has 4 rings (SSSR count). The zero-order valence-corrected chi connectivity index (χ0v) is 12.9. The molecule has 1 amide bonds. The molecule has 6 heteroatoms. The number of carbonyl (C=O) groups is 1. The second-order valence-electron chi connectivity index (χ2n) is 6.01. The summed E-state index contributed by atoms with van der Waals surface area (Å²) in [5.41, 5.74) is 0.671. The van der Waals surface area contributed by atoms with Crippen molar-refractivity contribution in [3.63, 3.8) is 0 Å². The molecule has 3 fully saturated rings. The van der Waals surface area contributed by atoms with Crippen molar-refractivity contribution in [2.45, 2.75) is 18.9 Å². The van der Waals surface area contributed by atoms with Crippen LogP contribution in [0.3, 0.4) is 0 Å². The molecule has 3 saturated heterocycles. The van der Waals surface area contributed by atoms with Crippen molar-refractivity contribution in [2.24, 2.45) is 5.92 Å². The van der Waals surface area contributed by atoms with Crippen molar-refractivity contribution >= 4 is 15.9 Å². The van der Waals surface area contributed by atoms with Crippen LogP contribution in [0.5, 0.6) is 0 Å². The second kappa shape index (κ2) is 5.42. The standard InChI is InChI=1S/C15H20N2O3S/c1-21(19,20)17-10-12-7-8-14(17)11-16(9-12)15(18)13-5-3-2-4-6-13/h2-6,12,14H,7-11H2,1H3. The largest absolute Gasteiger partial charge is 0.337 e. The number of sulfonamides is 1. The molecule has 3 heterocycles.